The first-order valence-electron chi connectivity index (χ1n) is 10.1. The van der Waals surface area contributed by atoms with Gasteiger partial charge < -0.3 is 15.2 Å². The third kappa shape index (κ3) is 4.87. The van der Waals surface area contributed by atoms with E-state index in [-0.39, 0.29) is 12.1 Å². The zero-order chi connectivity index (χ0) is 18.4. The summed E-state index contributed by atoms with van der Waals surface area (Å²) in [6, 6.07) is 4.39. The number of hydrogen-bond donors (Lipinski definition) is 2. The number of aryl methyl sites for hydroxylation is 1. The molecule has 1 saturated carbocycles. The van der Waals surface area contributed by atoms with Crippen molar-refractivity contribution in [1.82, 2.24) is 20.1 Å². The first-order valence-corrected chi connectivity index (χ1v) is 10.1. The second-order valence-corrected chi connectivity index (χ2v) is 7.67. The summed E-state index contributed by atoms with van der Waals surface area (Å²) in [4.78, 5) is 27.0. The van der Waals surface area contributed by atoms with Gasteiger partial charge in [0.1, 0.15) is 0 Å². The van der Waals surface area contributed by atoms with Crippen LogP contribution >= 0.6 is 0 Å². The average Bonchev–Trinajstić information content (AvgIpc) is 3.24. The third-order valence-corrected chi connectivity index (χ3v) is 5.76. The summed E-state index contributed by atoms with van der Waals surface area (Å²) in [6.07, 6.45) is 11.1. The molecule has 2 amide bonds. The van der Waals surface area contributed by atoms with Gasteiger partial charge in [-0.15, -0.1) is 0 Å². The number of carbonyl (C=O) groups is 2. The molecule has 1 atom stereocenters. The van der Waals surface area contributed by atoms with Crippen LogP contribution in [0.3, 0.4) is 0 Å². The maximum Gasteiger partial charge on any atom is 0.309 e. The molecule has 2 fully saturated rings. The van der Waals surface area contributed by atoms with Gasteiger partial charge in [0.15, 0.2) is 0 Å². The van der Waals surface area contributed by atoms with Crippen molar-refractivity contribution in [2.45, 2.75) is 63.5 Å². The van der Waals surface area contributed by atoms with Gasteiger partial charge in [0.25, 0.3) is 0 Å². The number of aromatic nitrogens is 1. The van der Waals surface area contributed by atoms with Crippen molar-refractivity contribution in [1.29, 1.82) is 0 Å². The van der Waals surface area contributed by atoms with Crippen molar-refractivity contribution in [2.24, 2.45) is 7.05 Å². The minimum Gasteiger partial charge on any atom is -0.353 e. The van der Waals surface area contributed by atoms with Crippen LogP contribution in [0.15, 0.2) is 18.3 Å². The second-order valence-electron chi connectivity index (χ2n) is 7.67. The van der Waals surface area contributed by atoms with Crippen molar-refractivity contribution in [3.63, 3.8) is 0 Å². The van der Waals surface area contributed by atoms with Gasteiger partial charge in [-0.1, -0.05) is 25.7 Å². The van der Waals surface area contributed by atoms with Gasteiger partial charge in [-0.3, -0.25) is 14.5 Å². The minimum absolute atomic E-state index is 0.118. The van der Waals surface area contributed by atoms with Crippen LogP contribution in [0.2, 0.25) is 0 Å². The number of rotatable bonds is 5. The van der Waals surface area contributed by atoms with Crippen molar-refractivity contribution in [2.75, 3.05) is 19.6 Å². The van der Waals surface area contributed by atoms with E-state index in [2.05, 4.69) is 26.2 Å². The molecule has 1 aromatic heterocycles. The smallest absolute Gasteiger partial charge is 0.309 e. The molecule has 1 aliphatic heterocycles. The molecule has 0 bridgehead atoms. The fraction of sp³-hybridized carbons (Fsp3) is 0.700. The SMILES string of the molecule is Cn1cccc1C(CNC(=O)C(=O)NC1CCCCCC1)N1CCCC1. The number of likely N-dealkylation sites (tertiary alicyclic amines) is 1. The lowest BCUT2D eigenvalue weighted by Crippen LogP contribution is -2.46. The highest BCUT2D eigenvalue weighted by atomic mass is 16.2. The summed E-state index contributed by atoms with van der Waals surface area (Å²) < 4.78 is 2.10. The zero-order valence-corrected chi connectivity index (χ0v) is 15.9. The van der Waals surface area contributed by atoms with Gasteiger partial charge in [0, 0.05) is 31.5 Å². The van der Waals surface area contributed by atoms with Crippen LogP contribution in [-0.4, -0.2) is 47.0 Å². The number of nitrogens with one attached hydrogen (secondary N) is 2. The first kappa shape index (κ1) is 19.0. The summed E-state index contributed by atoms with van der Waals surface area (Å²) in [6.45, 7) is 2.55. The molecule has 2 N–H and O–H groups in total. The van der Waals surface area contributed by atoms with E-state index in [4.69, 9.17) is 0 Å². The standard InChI is InChI=1S/C20H32N4O2/c1-23-12-8-11-17(23)18(24-13-6-7-14-24)15-21-19(25)20(26)22-16-9-4-2-3-5-10-16/h8,11-12,16,18H,2-7,9-10,13-15H2,1H3,(H,21,25)(H,22,26). The molecule has 6 heteroatoms. The molecule has 2 heterocycles. The van der Waals surface area contributed by atoms with Crippen LogP contribution in [0.1, 0.15) is 63.1 Å². The fourth-order valence-electron chi connectivity index (χ4n) is 4.24. The van der Waals surface area contributed by atoms with E-state index in [0.29, 0.717) is 6.54 Å². The first-order chi connectivity index (χ1) is 12.6. The molecule has 26 heavy (non-hydrogen) atoms. The molecule has 1 aromatic rings. The fourth-order valence-corrected chi connectivity index (χ4v) is 4.24. The average molecular weight is 361 g/mol. The third-order valence-electron chi connectivity index (χ3n) is 5.76. The summed E-state index contributed by atoms with van der Waals surface area (Å²) >= 11 is 0. The lowest BCUT2D eigenvalue weighted by atomic mass is 10.1. The second kappa shape index (κ2) is 9.21. The molecule has 2 aliphatic rings. The Labute approximate surface area is 156 Å². The van der Waals surface area contributed by atoms with Gasteiger partial charge in [0.05, 0.1) is 6.04 Å². The van der Waals surface area contributed by atoms with Gasteiger partial charge in [-0.05, 0) is 50.9 Å². The Bertz CT molecular complexity index is 599. The highest BCUT2D eigenvalue weighted by Gasteiger charge is 2.27. The molecule has 1 aliphatic carbocycles. The number of hydrogen-bond acceptors (Lipinski definition) is 3. The molecule has 6 nitrogen and oxygen atoms in total. The Morgan fingerprint density at radius 2 is 1.77 bits per heavy atom. The van der Waals surface area contributed by atoms with Gasteiger partial charge in [-0.25, -0.2) is 0 Å². The highest BCUT2D eigenvalue weighted by Crippen LogP contribution is 2.24. The Balaban J connectivity index is 1.55. The molecular weight excluding hydrogens is 328 g/mol. The monoisotopic (exact) mass is 360 g/mol. The molecule has 1 unspecified atom stereocenters. The van der Waals surface area contributed by atoms with Gasteiger partial charge >= 0.3 is 11.8 Å². The Morgan fingerprint density at radius 3 is 2.38 bits per heavy atom. The highest BCUT2D eigenvalue weighted by molar-refractivity contribution is 6.35. The topological polar surface area (TPSA) is 66.4 Å². The van der Waals surface area contributed by atoms with E-state index in [1.807, 2.05) is 19.3 Å². The summed E-state index contributed by atoms with van der Waals surface area (Å²) in [5.41, 5.74) is 1.18. The van der Waals surface area contributed by atoms with Crippen LogP contribution < -0.4 is 10.6 Å². The Kier molecular flexibility index (Phi) is 6.72. The molecule has 0 spiro atoms. The number of amides is 2. The molecular formula is C20H32N4O2. The van der Waals surface area contributed by atoms with Crippen LogP contribution in [0, 0.1) is 0 Å². The van der Waals surface area contributed by atoms with Gasteiger partial charge in [-0.2, -0.15) is 0 Å². The number of nitrogens with zero attached hydrogens (tertiary/aromatic N) is 2. The van der Waals surface area contributed by atoms with Gasteiger partial charge in [0.2, 0.25) is 0 Å². The predicted octanol–water partition coefficient (Wildman–Crippen LogP) is 2.12. The van der Waals surface area contributed by atoms with E-state index < -0.39 is 11.8 Å². The Hall–Kier alpha value is -1.82. The zero-order valence-electron chi connectivity index (χ0n) is 15.9. The molecule has 0 radical (unpaired) electrons. The van der Waals surface area contributed by atoms with Crippen molar-refractivity contribution in [3.05, 3.63) is 24.0 Å². The maximum absolute atomic E-state index is 12.3. The largest absolute Gasteiger partial charge is 0.353 e. The Morgan fingerprint density at radius 1 is 1.08 bits per heavy atom. The molecule has 0 aromatic carbocycles. The summed E-state index contributed by atoms with van der Waals surface area (Å²) in [5.74, 6) is -0.989. The quantitative estimate of drug-likeness (QED) is 0.624. The molecule has 144 valence electrons. The van der Waals surface area contributed by atoms with Crippen molar-refractivity contribution < 1.29 is 9.59 Å². The van der Waals surface area contributed by atoms with E-state index >= 15 is 0 Å². The predicted molar refractivity (Wildman–Crippen MR) is 102 cm³/mol. The maximum atomic E-state index is 12.3. The summed E-state index contributed by atoms with van der Waals surface area (Å²) in [7, 11) is 2.03. The van der Waals surface area contributed by atoms with Crippen LogP contribution in [0.5, 0.6) is 0 Å². The number of carbonyl (C=O) groups excluding carboxylic acids is 2. The van der Waals surface area contributed by atoms with Crippen LogP contribution in [0.25, 0.3) is 0 Å². The molecule has 1 saturated heterocycles. The van der Waals surface area contributed by atoms with E-state index in [0.717, 1.165) is 38.8 Å². The van der Waals surface area contributed by atoms with E-state index in [9.17, 15) is 9.59 Å². The van der Waals surface area contributed by atoms with Crippen LogP contribution in [-0.2, 0) is 16.6 Å². The minimum atomic E-state index is -0.507. The summed E-state index contributed by atoms with van der Waals surface area (Å²) in [5, 5.41) is 5.80. The van der Waals surface area contributed by atoms with E-state index in [1.165, 1.54) is 31.4 Å². The van der Waals surface area contributed by atoms with Crippen molar-refractivity contribution >= 4 is 11.8 Å². The normalized spacial score (nSPS) is 20.5. The van der Waals surface area contributed by atoms with Crippen molar-refractivity contribution in [3.8, 4) is 0 Å². The lowest BCUT2D eigenvalue weighted by molar-refractivity contribution is -0.139. The van der Waals surface area contributed by atoms with Crippen LogP contribution in [0.4, 0.5) is 0 Å². The lowest BCUT2D eigenvalue weighted by Gasteiger charge is -2.28. The van der Waals surface area contributed by atoms with E-state index in [1.54, 1.807) is 0 Å². The molecule has 3 rings (SSSR count).